The second-order valence-electron chi connectivity index (χ2n) is 8.24. The lowest BCUT2D eigenvalue weighted by molar-refractivity contribution is -0.121. The van der Waals surface area contributed by atoms with Crippen molar-refractivity contribution >= 4 is 16.8 Å². The Morgan fingerprint density at radius 2 is 1.56 bits per heavy atom. The zero-order valence-electron chi connectivity index (χ0n) is 17.2. The number of nitrogens with one attached hydrogen (secondary N) is 2. The minimum absolute atomic E-state index is 0.0462. The van der Waals surface area contributed by atoms with Gasteiger partial charge in [-0.05, 0) is 84.1 Å². The van der Waals surface area contributed by atoms with E-state index in [0.717, 1.165) is 34.3 Å². The van der Waals surface area contributed by atoms with Gasteiger partial charge in [0.2, 0.25) is 5.91 Å². The van der Waals surface area contributed by atoms with Gasteiger partial charge in [0.15, 0.2) is 0 Å². The summed E-state index contributed by atoms with van der Waals surface area (Å²) in [7, 11) is 0. The van der Waals surface area contributed by atoms with Gasteiger partial charge in [-0.15, -0.1) is 0 Å². The van der Waals surface area contributed by atoms with Crippen LogP contribution in [0.3, 0.4) is 0 Å². The Labute approximate surface area is 183 Å². The van der Waals surface area contributed by atoms with Crippen molar-refractivity contribution < 1.29 is 18.0 Å². The number of hydrogen-bond donors (Lipinski definition) is 2. The number of halogens is 3. The van der Waals surface area contributed by atoms with Gasteiger partial charge >= 0.3 is 0 Å². The molecular weight excluding hydrogens is 413 g/mol. The fraction of sp³-hybridized carbons (Fsp3) is 0.192. The van der Waals surface area contributed by atoms with E-state index < -0.39 is 0 Å². The van der Waals surface area contributed by atoms with Gasteiger partial charge in [0.1, 0.15) is 17.5 Å². The van der Waals surface area contributed by atoms with Gasteiger partial charge in [-0.1, -0.05) is 12.1 Å². The highest BCUT2D eigenvalue weighted by Gasteiger charge is 2.39. The van der Waals surface area contributed by atoms with Crippen LogP contribution < -0.4 is 5.32 Å². The van der Waals surface area contributed by atoms with Crippen molar-refractivity contribution in [2.75, 3.05) is 0 Å². The van der Waals surface area contributed by atoms with Crippen LogP contribution in [0.5, 0.6) is 0 Å². The molecule has 0 aliphatic heterocycles. The van der Waals surface area contributed by atoms with E-state index in [9.17, 15) is 18.0 Å². The molecule has 0 bridgehead atoms. The first kappa shape index (κ1) is 20.4. The minimum Gasteiger partial charge on any atom is -0.354 e. The third kappa shape index (κ3) is 4.13. The lowest BCUT2D eigenvalue weighted by Gasteiger charge is -2.08. The van der Waals surface area contributed by atoms with E-state index in [0.29, 0.717) is 11.8 Å². The molecule has 1 aliphatic rings. The van der Waals surface area contributed by atoms with Crippen LogP contribution in [0.25, 0.3) is 22.2 Å². The number of benzene rings is 3. The molecule has 32 heavy (non-hydrogen) atoms. The molecule has 1 saturated carbocycles. The van der Waals surface area contributed by atoms with E-state index in [1.54, 1.807) is 30.3 Å². The fourth-order valence-electron chi connectivity index (χ4n) is 4.29. The van der Waals surface area contributed by atoms with E-state index in [1.807, 2.05) is 0 Å². The normalized spacial score (nSPS) is 17.5. The second-order valence-corrected chi connectivity index (χ2v) is 8.24. The molecule has 0 radical (unpaired) electrons. The minimum atomic E-state index is -0.354. The summed E-state index contributed by atoms with van der Waals surface area (Å²) < 4.78 is 40.4. The highest BCUT2D eigenvalue weighted by molar-refractivity contribution is 5.91. The standard InChI is InChI=1S/C26H21F3N2O/c27-17-5-1-15(2-6-17)21-14-24(21)30-25(32)12-10-20-22-13-19(29)9-11-23(22)31-26(20)16-3-7-18(28)8-4-16/h1-9,11,13,21,24,31H,10,12,14H2,(H,30,32). The van der Waals surface area contributed by atoms with E-state index in [2.05, 4.69) is 10.3 Å². The predicted octanol–water partition coefficient (Wildman–Crippen LogP) is 5.86. The first-order valence-corrected chi connectivity index (χ1v) is 10.6. The number of amides is 1. The van der Waals surface area contributed by atoms with Gasteiger partial charge < -0.3 is 10.3 Å². The van der Waals surface area contributed by atoms with Crippen molar-refractivity contribution in [2.24, 2.45) is 0 Å². The Hall–Kier alpha value is -3.54. The Morgan fingerprint density at radius 3 is 2.28 bits per heavy atom. The second kappa shape index (κ2) is 8.19. The Balaban J connectivity index is 1.32. The predicted molar refractivity (Wildman–Crippen MR) is 118 cm³/mol. The molecule has 0 spiro atoms. The van der Waals surface area contributed by atoms with Crippen molar-refractivity contribution in [3.8, 4) is 11.3 Å². The number of aryl methyl sites for hydroxylation is 1. The van der Waals surface area contributed by atoms with Crippen molar-refractivity contribution in [1.82, 2.24) is 10.3 Å². The average molecular weight is 434 g/mol. The van der Waals surface area contributed by atoms with Crippen LogP contribution >= 0.6 is 0 Å². The largest absolute Gasteiger partial charge is 0.354 e. The topological polar surface area (TPSA) is 44.9 Å². The maximum absolute atomic E-state index is 13.9. The Morgan fingerprint density at radius 1 is 0.906 bits per heavy atom. The Kier molecular flexibility index (Phi) is 5.21. The van der Waals surface area contributed by atoms with Gasteiger partial charge in [-0.25, -0.2) is 13.2 Å². The van der Waals surface area contributed by atoms with Crippen molar-refractivity contribution in [2.45, 2.75) is 31.2 Å². The third-order valence-corrected chi connectivity index (χ3v) is 6.04. The molecule has 2 N–H and O–H groups in total. The number of carbonyl (C=O) groups is 1. The lowest BCUT2D eigenvalue weighted by atomic mass is 10.0. The quantitative estimate of drug-likeness (QED) is 0.392. The zero-order valence-corrected chi connectivity index (χ0v) is 17.2. The van der Waals surface area contributed by atoms with E-state index in [4.69, 9.17) is 0 Å². The zero-order chi connectivity index (χ0) is 22.2. The summed E-state index contributed by atoms with van der Waals surface area (Å²) in [5.41, 5.74) is 4.14. The first-order chi connectivity index (χ1) is 15.5. The summed E-state index contributed by atoms with van der Waals surface area (Å²) in [5.74, 6) is -0.848. The van der Waals surface area contributed by atoms with Gasteiger partial charge in [-0.2, -0.15) is 0 Å². The number of aromatic amines is 1. The summed E-state index contributed by atoms with van der Waals surface area (Å²) in [6.07, 6.45) is 1.48. The average Bonchev–Trinajstić information content (AvgIpc) is 3.44. The molecular formula is C26H21F3N2O. The van der Waals surface area contributed by atoms with E-state index in [-0.39, 0.29) is 41.7 Å². The third-order valence-electron chi connectivity index (χ3n) is 6.04. The van der Waals surface area contributed by atoms with Crippen LogP contribution in [0.1, 0.15) is 29.9 Å². The van der Waals surface area contributed by atoms with Crippen molar-refractivity contribution in [1.29, 1.82) is 0 Å². The molecule has 0 saturated heterocycles. The van der Waals surface area contributed by atoms with Gasteiger partial charge in [0.25, 0.3) is 0 Å². The monoisotopic (exact) mass is 434 g/mol. The number of fused-ring (bicyclic) bond motifs is 1. The number of hydrogen-bond acceptors (Lipinski definition) is 1. The highest BCUT2D eigenvalue weighted by Crippen LogP contribution is 2.41. The summed E-state index contributed by atoms with van der Waals surface area (Å²) in [4.78, 5) is 15.9. The molecule has 1 aliphatic carbocycles. The fourth-order valence-corrected chi connectivity index (χ4v) is 4.29. The molecule has 2 atom stereocenters. The summed E-state index contributed by atoms with van der Waals surface area (Å²) in [5, 5.41) is 3.75. The van der Waals surface area contributed by atoms with Crippen molar-refractivity contribution in [3.05, 3.63) is 95.3 Å². The SMILES string of the molecule is O=C(CCc1c(-c2ccc(F)cc2)[nH]c2ccc(F)cc12)NC1CC1c1ccc(F)cc1. The summed E-state index contributed by atoms with van der Waals surface area (Å²) in [6.45, 7) is 0. The lowest BCUT2D eigenvalue weighted by Crippen LogP contribution is -2.26. The first-order valence-electron chi connectivity index (χ1n) is 10.6. The number of carbonyl (C=O) groups excluding carboxylic acids is 1. The highest BCUT2D eigenvalue weighted by atomic mass is 19.1. The smallest absolute Gasteiger partial charge is 0.220 e. The van der Waals surface area contributed by atoms with E-state index >= 15 is 0 Å². The molecule has 1 amide bonds. The maximum atomic E-state index is 13.9. The molecule has 6 heteroatoms. The molecule has 3 nitrogen and oxygen atoms in total. The van der Waals surface area contributed by atoms with Crippen LogP contribution in [-0.4, -0.2) is 16.9 Å². The van der Waals surface area contributed by atoms with Crippen LogP contribution in [-0.2, 0) is 11.2 Å². The molecule has 162 valence electrons. The molecule has 5 rings (SSSR count). The van der Waals surface area contributed by atoms with Crippen LogP contribution in [0, 0.1) is 17.5 Å². The number of rotatable bonds is 6. The van der Waals surface area contributed by atoms with Gasteiger partial charge in [0.05, 0.1) is 0 Å². The summed E-state index contributed by atoms with van der Waals surface area (Å²) in [6, 6.07) is 17.0. The molecule has 1 fully saturated rings. The molecule has 1 heterocycles. The molecule has 4 aromatic rings. The van der Waals surface area contributed by atoms with Crippen molar-refractivity contribution in [3.63, 3.8) is 0 Å². The van der Waals surface area contributed by atoms with Crippen LogP contribution in [0.4, 0.5) is 13.2 Å². The molecule has 2 unspecified atom stereocenters. The molecule has 3 aromatic carbocycles. The molecule has 1 aromatic heterocycles. The van der Waals surface area contributed by atoms with Crippen LogP contribution in [0.2, 0.25) is 0 Å². The van der Waals surface area contributed by atoms with E-state index in [1.165, 1.54) is 36.4 Å². The maximum Gasteiger partial charge on any atom is 0.220 e. The number of aromatic nitrogens is 1. The van der Waals surface area contributed by atoms with Crippen LogP contribution in [0.15, 0.2) is 66.7 Å². The number of H-pyrrole nitrogens is 1. The van der Waals surface area contributed by atoms with Gasteiger partial charge in [-0.3, -0.25) is 4.79 Å². The van der Waals surface area contributed by atoms with Gasteiger partial charge in [0, 0.05) is 35.0 Å². The summed E-state index contributed by atoms with van der Waals surface area (Å²) >= 11 is 0. The Bertz CT molecular complexity index is 1280.